The zero-order valence-corrected chi connectivity index (χ0v) is 9.60. The van der Waals surface area contributed by atoms with Crippen LogP contribution in [-0.2, 0) is 12.8 Å². The first-order valence-corrected chi connectivity index (χ1v) is 5.69. The summed E-state index contributed by atoms with van der Waals surface area (Å²) in [5.41, 5.74) is 6.68. The lowest BCUT2D eigenvalue weighted by molar-refractivity contribution is 0.506. The van der Waals surface area contributed by atoms with Gasteiger partial charge in [0.15, 0.2) is 0 Å². The Morgan fingerprint density at radius 3 is 2.71 bits per heavy atom. The van der Waals surface area contributed by atoms with Crippen LogP contribution in [0.1, 0.15) is 11.5 Å². The number of anilines is 1. The zero-order chi connectivity index (χ0) is 11.9. The number of benzene rings is 1. The molecule has 5 heteroatoms. The highest BCUT2D eigenvalue weighted by Crippen LogP contribution is 2.06. The predicted molar refractivity (Wildman–Crippen MR) is 65.7 cm³/mol. The maximum atomic E-state index is 5.40. The van der Waals surface area contributed by atoms with Crippen molar-refractivity contribution in [1.29, 1.82) is 0 Å². The van der Waals surface area contributed by atoms with Crippen molar-refractivity contribution in [3.63, 3.8) is 0 Å². The van der Waals surface area contributed by atoms with Gasteiger partial charge in [0.05, 0.1) is 0 Å². The lowest BCUT2D eigenvalue weighted by Crippen LogP contribution is -2.04. The van der Waals surface area contributed by atoms with Gasteiger partial charge in [-0.2, -0.15) is 0 Å². The SMILES string of the molecule is NCCc1nnc(NCCc2ccccc2)o1. The number of hydrogen-bond acceptors (Lipinski definition) is 5. The van der Waals surface area contributed by atoms with E-state index in [0.29, 0.717) is 24.9 Å². The molecule has 0 radical (unpaired) electrons. The summed E-state index contributed by atoms with van der Waals surface area (Å²) in [4.78, 5) is 0. The molecule has 2 aromatic rings. The normalized spacial score (nSPS) is 10.4. The van der Waals surface area contributed by atoms with E-state index in [-0.39, 0.29) is 0 Å². The highest BCUT2D eigenvalue weighted by Gasteiger charge is 2.03. The Balaban J connectivity index is 1.78. The fraction of sp³-hybridized carbons (Fsp3) is 0.333. The minimum Gasteiger partial charge on any atom is -0.408 e. The monoisotopic (exact) mass is 232 g/mol. The molecule has 0 unspecified atom stereocenters. The predicted octanol–water partition coefficient (Wildman–Crippen LogP) is 1.23. The summed E-state index contributed by atoms with van der Waals surface area (Å²) in [5, 5.41) is 10.8. The molecule has 0 aliphatic rings. The molecule has 5 nitrogen and oxygen atoms in total. The highest BCUT2D eigenvalue weighted by atomic mass is 16.4. The Morgan fingerprint density at radius 2 is 1.94 bits per heavy atom. The highest BCUT2D eigenvalue weighted by molar-refractivity contribution is 5.20. The number of rotatable bonds is 6. The van der Waals surface area contributed by atoms with E-state index in [4.69, 9.17) is 10.2 Å². The average Bonchev–Trinajstić information content (AvgIpc) is 2.79. The zero-order valence-electron chi connectivity index (χ0n) is 9.60. The number of nitrogens with zero attached hydrogens (tertiary/aromatic N) is 2. The lowest BCUT2D eigenvalue weighted by Gasteiger charge is -2.01. The van der Waals surface area contributed by atoms with Crippen LogP contribution in [-0.4, -0.2) is 23.3 Å². The molecular weight excluding hydrogens is 216 g/mol. The second-order valence-corrected chi connectivity index (χ2v) is 3.70. The summed E-state index contributed by atoms with van der Waals surface area (Å²) < 4.78 is 5.35. The molecule has 0 aliphatic carbocycles. The van der Waals surface area contributed by atoms with E-state index in [1.165, 1.54) is 5.56 Å². The van der Waals surface area contributed by atoms with Gasteiger partial charge < -0.3 is 15.5 Å². The largest absolute Gasteiger partial charge is 0.408 e. The van der Waals surface area contributed by atoms with Gasteiger partial charge in [0.2, 0.25) is 5.89 Å². The van der Waals surface area contributed by atoms with Crippen molar-refractivity contribution in [3.8, 4) is 0 Å². The van der Waals surface area contributed by atoms with Gasteiger partial charge in [-0.3, -0.25) is 0 Å². The fourth-order valence-electron chi connectivity index (χ4n) is 1.51. The maximum absolute atomic E-state index is 5.40. The molecule has 3 N–H and O–H groups in total. The van der Waals surface area contributed by atoms with Gasteiger partial charge in [0, 0.05) is 19.5 Å². The minimum absolute atomic E-state index is 0.462. The summed E-state index contributed by atoms with van der Waals surface area (Å²) >= 11 is 0. The van der Waals surface area contributed by atoms with Gasteiger partial charge in [-0.25, -0.2) is 0 Å². The van der Waals surface area contributed by atoms with Crippen LogP contribution in [0.2, 0.25) is 0 Å². The molecule has 17 heavy (non-hydrogen) atoms. The standard InChI is InChI=1S/C12H16N4O/c13-8-6-11-15-16-12(17-11)14-9-7-10-4-2-1-3-5-10/h1-5H,6-9,13H2,(H,14,16). The average molecular weight is 232 g/mol. The van der Waals surface area contributed by atoms with Crippen LogP contribution in [0.4, 0.5) is 6.01 Å². The molecule has 0 bridgehead atoms. The van der Waals surface area contributed by atoms with E-state index in [0.717, 1.165) is 13.0 Å². The minimum atomic E-state index is 0.462. The molecule has 1 aromatic carbocycles. The second kappa shape index (κ2) is 6.00. The van der Waals surface area contributed by atoms with Crippen molar-refractivity contribution in [1.82, 2.24) is 10.2 Å². The third kappa shape index (κ3) is 3.57. The number of nitrogens with two attached hydrogens (primary N) is 1. The molecule has 0 aliphatic heterocycles. The third-order valence-corrected chi connectivity index (χ3v) is 2.36. The fourth-order valence-corrected chi connectivity index (χ4v) is 1.51. The van der Waals surface area contributed by atoms with Crippen molar-refractivity contribution in [2.24, 2.45) is 5.73 Å². The lowest BCUT2D eigenvalue weighted by atomic mass is 10.1. The smallest absolute Gasteiger partial charge is 0.315 e. The quantitative estimate of drug-likeness (QED) is 0.783. The molecular formula is C12H16N4O. The van der Waals surface area contributed by atoms with Gasteiger partial charge in [-0.1, -0.05) is 35.4 Å². The van der Waals surface area contributed by atoms with E-state index >= 15 is 0 Å². The van der Waals surface area contributed by atoms with Gasteiger partial charge in [-0.05, 0) is 12.0 Å². The maximum Gasteiger partial charge on any atom is 0.315 e. The van der Waals surface area contributed by atoms with Crippen molar-refractivity contribution in [2.75, 3.05) is 18.4 Å². The summed E-state index contributed by atoms with van der Waals surface area (Å²) in [7, 11) is 0. The molecule has 0 amide bonds. The van der Waals surface area contributed by atoms with E-state index in [9.17, 15) is 0 Å². The molecule has 0 atom stereocenters. The summed E-state index contributed by atoms with van der Waals surface area (Å²) in [6, 6.07) is 10.7. The van der Waals surface area contributed by atoms with E-state index < -0.39 is 0 Å². The first-order chi connectivity index (χ1) is 8.38. The van der Waals surface area contributed by atoms with E-state index in [1.54, 1.807) is 0 Å². The van der Waals surface area contributed by atoms with Crippen LogP contribution < -0.4 is 11.1 Å². The molecule has 0 saturated heterocycles. The first kappa shape index (κ1) is 11.6. The van der Waals surface area contributed by atoms with Crippen LogP contribution in [0.5, 0.6) is 0 Å². The number of nitrogens with one attached hydrogen (secondary N) is 1. The van der Waals surface area contributed by atoms with E-state index in [1.807, 2.05) is 18.2 Å². The van der Waals surface area contributed by atoms with Crippen LogP contribution in [0.15, 0.2) is 34.7 Å². The molecule has 0 spiro atoms. The molecule has 90 valence electrons. The molecule has 0 saturated carbocycles. The Kier molecular flexibility index (Phi) is 4.10. The van der Waals surface area contributed by atoms with Crippen molar-refractivity contribution in [2.45, 2.75) is 12.8 Å². The Bertz CT molecular complexity index is 441. The number of aromatic nitrogens is 2. The summed E-state index contributed by atoms with van der Waals surface area (Å²) in [6.07, 6.45) is 1.54. The molecule has 0 fully saturated rings. The topological polar surface area (TPSA) is 77.0 Å². The molecule has 1 heterocycles. The van der Waals surface area contributed by atoms with Crippen molar-refractivity contribution in [3.05, 3.63) is 41.8 Å². The van der Waals surface area contributed by atoms with Crippen molar-refractivity contribution >= 4 is 6.01 Å². The Morgan fingerprint density at radius 1 is 1.12 bits per heavy atom. The van der Waals surface area contributed by atoms with Gasteiger partial charge in [0.1, 0.15) is 0 Å². The van der Waals surface area contributed by atoms with Crippen LogP contribution in [0.25, 0.3) is 0 Å². The Labute approximate surface area is 100 Å². The Hall–Kier alpha value is -1.88. The van der Waals surface area contributed by atoms with Gasteiger partial charge in [0.25, 0.3) is 0 Å². The molecule has 2 rings (SSSR count). The summed E-state index contributed by atoms with van der Waals surface area (Å²) in [5.74, 6) is 0.578. The van der Waals surface area contributed by atoms with Crippen molar-refractivity contribution < 1.29 is 4.42 Å². The van der Waals surface area contributed by atoms with Crippen LogP contribution in [0, 0.1) is 0 Å². The van der Waals surface area contributed by atoms with Crippen LogP contribution in [0.3, 0.4) is 0 Å². The third-order valence-electron chi connectivity index (χ3n) is 2.36. The second-order valence-electron chi connectivity index (χ2n) is 3.70. The molecule has 1 aromatic heterocycles. The summed E-state index contributed by atoms with van der Waals surface area (Å²) in [6.45, 7) is 1.29. The van der Waals surface area contributed by atoms with E-state index in [2.05, 4.69) is 27.6 Å². The van der Waals surface area contributed by atoms with Gasteiger partial charge >= 0.3 is 6.01 Å². The van der Waals surface area contributed by atoms with Gasteiger partial charge in [-0.15, -0.1) is 5.10 Å². The first-order valence-electron chi connectivity index (χ1n) is 5.69. The van der Waals surface area contributed by atoms with Crippen LogP contribution >= 0.6 is 0 Å². The number of hydrogen-bond donors (Lipinski definition) is 2.